The van der Waals surface area contributed by atoms with Crippen LogP contribution < -0.4 is 15.6 Å². The summed E-state index contributed by atoms with van der Waals surface area (Å²) in [7, 11) is 0. The first-order chi connectivity index (χ1) is 10.2. The van der Waals surface area contributed by atoms with E-state index in [0.29, 0.717) is 24.4 Å². The third-order valence-electron chi connectivity index (χ3n) is 3.39. The Morgan fingerprint density at radius 3 is 3.10 bits per heavy atom. The van der Waals surface area contributed by atoms with Gasteiger partial charge in [0.05, 0.1) is 18.4 Å². The molecule has 6 heteroatoms. The van der Waals surface area contributed by atoms with Crippen LogP contribution >= 0.6 is 0 Å². The van der Waals surface area contributed by atoms with Crippen molar-refractivity contribution in [1.82, 2.24) is 9.78 Å². The lowest BCUT2D eigenvalue weighted by molar-refractivity contribution is 0.200. The van der Waals surface area contributed by atoms with Crippen molar-refractivity contribution in [2.45, 2.75) is 26.0 Å². The average Bonchev–Trinajstić information content (AvgIpc) is 2.83. The quantitative estimate of drug-likeness (QED) is 0.933. The van der Waals surface area contributed by atoms with E-state index in [0.717, 1.165) is 12.1 Å². The number of aromatic nitrogens is 2. The van der Waals surface area contributed by atoms with Gasteiger partial charge in [0, 0.05) is 24.6 Å². The molecule has 1 N–H and O–H groups in total. The second kappa shape index (κ2) is 5.55. The van der Waals surface area contributed by atoms with E-state index in [9.17, 15) is 9.18 Å². The van der Waals surface area contributed by atoms with E-state index < -0.39 is 0 Å². The molecule has 0 fully saturated rings. The van der Waals surface area contributed by atoms with Gasteiger partial charge in [-0.3, -0.25) is 4.79 Å². The number of nitrogens with one attached hydrogen (secondary N) is 1. The predicted octanol–water partition coefficient (Wildman–Crippen LogP) is 1.82. The van der Waals surface area contributed by atoms with Gasteiger partial charge in [0.15, 0.2) is 0 Å². The molecule has 110 valence electrons. The van der Waals surface area contributed by atoms with Gasteiger partial charge in [0.2, 0.25) is 0 Å². The zero-order chi connectivity index (χ0) is 14.8. The predicted molar refractivity (Wildman–Crippen MR) is 77.2 cm³/mol. The molecule has 1 unspecified atom stereocenters. The van der Waals surface area contributed by atoms with Crippen LogP contribution in [-0.2, 0) is 13.0 Å². The van der Waals surface area contributed by atoms with Crippen molar-refractivity contribution in [3.05, 3.63) is 52.2 Å². The lowest BCUT2D eigenvalue weighted by atomic mass is 10.1. The molecule has 0 spiro atoms. The molecule has 1 atom stereocenters. The van der Waals surface area contributed by atoms with Gasteiger partial charge in [-0.1, -0.05) is 0 Å². The molecule has 0 saturated heterocycles. The Kier molecular flexibility index (Phi) is 3.60. The van der Waals surface area contributed by atoms with Crippen LogP contribution in [0.15, 0.2) is 35.3 Å². The number of ether oxygens (including phenoxy) is 1. The van der Waals surface area contributed by atoms with E-state index in [1.54, 1.807) is 12.3 Å². The van der Waals surface area contributed by atoms with Gasteiger partial charge in [-0.15, -0.1) is 0 Å². The Hall–Kier alpha value is -2.37. The normalized spacial score (nSPS) is 16.4. The summed E-state index contributed by atoms with van der Waals surface area (Å²) in [5.74, 6) is 0.405. The van der Waals surface area contributed by atoms with Gasteiger partial charge in [-0.05, 0) is 25.1 Å². The molecular weight excluding hydrogens is 273 g/mol. The highest BCUT2D eigenvalue weighted by atomic mass is 19.1. The summed E-state index contributed by atoms with van der Waals surface area (Å²) < 4.78 is 20.3. The van der Waals surface area contributed by atoms with Crippen LogP contribution in [0.4, 0.5) is 10.1 Å². The number of halogens is 1. The van der Waals surface area contributed by atoms with Crippen molar-refractivity contribution in [3.8, 4) is 5.75 Å². The van der Waals surface area contributed by atoms with Gasteiger partial charge in [-0.2, -0.15) is 5.10 Å². The van der Waals surface area contributed by atoms with Crippen LogP contribution in [-0.4, -0.2) is 22.4 Å². The molecule has 1 aromatic heterocycles. The fourth-order valence-corrected chi connectivity index (χ4v) is 2.46. The second-order valence-corrected chi connectivity index (χ2v) is 4.99. The van der Waals surface area contributed by atoms with Gasteiger partial charge >= 0.3 is 0 Å². The molecule has 0 aliphatic carbocycles. The minimum Gasteiger partial charge on any atom is -0.488 e. The SMILES string of the molecule is CCNc1cnn(CC2Cc3cc(F)ccc3O2)c(=O)c1. The zero-order valence-corrected chi connectivity index (χ0v) is 11.7. The Morgan fingerprint density at radius 1 is 1.48 bits per heavy atom. The maximum Gasteiger partial charge on any atom is 0.268 e. The summed E-state index contributed by atoms with van der Waals surface area (Å²) in [6.07, 6.45) is 2.00. The highest BCUT2D eigenvalue weighted by Crippen LogP contribution is 2.29. The Balaban J connectivity index is 1.73. The fourth-order valence-electron chi connectivity index (χ4n) is 2.46. The number of hydrogen-bond donors (Lipinski definition) is 1. The topological polar surface area (TPSA) is 56.1 Å². The van der Waals surface area contributed by atoms with Gasteiger partial charge in [0.1, 0.15) is 17.7 Å². The van der Waals surface area contributed by atoms with Crippen molar-refractivity contribution < 1.29 is 9.13 Å². The Labute approximate surface area is 121 Å². The summed E-state index contributed by atoms with van der Waals surface area (Å²) in [5.41, 5.74) is 1.35. The molecule has 1 aromatic carbocycles. The summed E-state index contributed by atoms with van der Waals surface area (Å²) in [6.45, 7) is 3.04. The van der Waals surface area contributed by atoms with Gasteiger partial charge in [0.25, 0.3) is 5.56 Å². The first kappa shape index (κ1) is 13.6. The zero-order valence-electron chi connectivity index (χ0n) is 11.7. The summed E-state index contributed by atoms with van der Waals surface area (Å²) in [4.78, 5) is 12.0. The van der Waals surface area contributed by atoms with Crippen LogP contribution in [0.5, 0.6) is 5.75 Å². The molecule has 2 heterocycles. The van der Waals surface area contributed by atoms with E-state index in [1.165, 1.54) is 22.9 Å². The lowest BCUT2D eigenvalue weighted by Crippen LogP contribution is -2.30. The van der Waals surface area contributed by atoms with E-state index in [4.69, 9.17) is 4.74 Å². The van der Waals surface area contributed by atoms with Crippen molar-refractivity contribution in [2.75, 3.05) is 11.9 Å². The van der Waals surface area contributed by atoms with Crippen molar-refractivity contribution in [2.24, 2.45) is 0 Å². The van der Waals surface area contributed by atoms with Gasteiger partial charge < -0.3 is 10.1 Å². The Bertz CT molecular complexity index is 714. The molecule has 0 bridgehead atoms. The third kappa shape index (κ3) is 2.89. The smallest absolute Gasteiger partial charge is 0.268 e. The monoisotopic (exact) mass is 289 g/mol. The largest absolute Gasteiger partial charge is 0.488 e. The van der Waals surface area contributed by atoms with Crippen LogP contribution in [0.3, 0.4) is 0 Å². The third-order valence-corrected chi connectivity index (χ3v) is 3.39. The molecule has 2 aromatic rings. The molecule has 3 rings (SSSR count). The molecule has 0 radical (unpaired) electrons. The summed E-state index contributed by atoms with van der Waals surface area (Å²) >= 11 is 0. The summed E-state index contributed by atoms with van der Waals surface area (Å²) in [5, 5.41) is 7.17. The van der Waals surface area contributed by atoms with Crippen LogP contribution in [0, 0.1) is 5.82 Å². The minimum atomic E-state index is -0.275. The lowest BCUT2D eigenvalue weighted by Gasteiger charge is -2.12. The highest BCUT2D eigenvalue weighted by molar-refractivity contribution is 5.39. The molecule has 1 aliphatic rings. The number of hydrogen-bond acceptors (Lipinski definition) is 4. The van der Waals surface area contributed by atoms with Crippen LogP contribution in [0.1, 0.15) is 12.5 Å². The highest BCUT2D eigenvalue weighted by Gasteiger charge is 2.24. The maximum atomic E-state index is 13.2. The number of nitrogens with zero attached hydrogens (tertiary/aromatic N) is 2. The average molecular weight is 289 g/mol. The van der Waals surface area contributed by atoms with E-state index in [1.807, 2.05) is 6.92 Å². The number of anilines is 1. The maximum absolute atomic E-state index is 13.2. The van der Waals surface area contributed by atoms with Crippen molar-refractivity contribution in [1.29, 1.82) is 0 Å². The first-order valence-corrected chi connectivity index (χ1v) is 6.92. The van der Waals surface area contributed by atoms with Gasteiger partial charge in [-0.25, -0.2) is 9.07 Å². The minimum absolute atomic E-state index is 0.181. The van der Waals surface area contributed by atoms with E-state index >= 15 is 0 Å². The number of fused-ring (bicyclic) bond motifs is 1. The molecule has 1 aliphatic heterocycles. The molecule has 21 heavy (non-hydrogen) atoms. The molecule has 0 saturated carbocycles. The fraction of sp³-hybridized carbons (Fsp3) is 0.333. The molecule has 5 nitrogen and oxygen atoms in total. The first-order valence-electron chi connectivity index (χ1n) is 6.92. The number of rotatable bonds is 4. The van der Waals surface area contributed by atoms with E-state index in [-0.39, 0.29) is 17.5 Å². The number of benzene rings is 1. The van der Waals surface area contributed by atoms with Crippen molar-refractivity contribution >= 4 is 5.69 Å². The molecular formula is C15H16FN3O2. The van der Waals surface area contributed by atoms with Crippen molar-refractivity contribution in [3.63, 3.8) is 0 Å². The van der Waals surface area contributed by atoms with E-state index in [2.05, 4.69) is 10.4 Å². The summed E-state index contributed by atoms with van der Waals surface area (Å²) in [6, 6.07) is 5.98. The van der Waals surface area contributed by atoms with Crippen LogP contribution in [0.2, 0.25) is 0 Å². The standard InChI is InChI=1S/C15H16FN3O2/c1-2-17-12-7-15(20)19(18-8-12)9-13-6-10-5-11(16)3-4-14(10)21-13/h3-5,7-8,13,17H,2,6,9H2,1H3. The van der Waals surface area contributed by atoms with Crippen LogP contribution in [0.25, 0.3) is 0 Å². The second-order valence-electron chi connectivity index (χ2n) is 4.99. The molecule has 0 amide bonds. The Morgan fingerprint density at radius 2 is 2.33 bits per heavy atom.